The molecule has 0 fully saturated rings. The summed E-state index contributed by atoms with van der Waals surface area (Å²) in [5, 5.41) is 0.333. The zero-order valence-electron chi connectivity index (χ0n) is 16.3. The largest absolute Gasteiger partial charge is 0.460 e. The quantitative estimate of drug-likeness (QED) is 0.266. The molecule has 3 aromatic carbocycles. The van der Waals surface area contributed by atoms with Gasteiger partial charge in [0.2, 0.25) is 11.2 Å². The van der Waals surface area contributed by atoms with Crippen LogP contribution in [0.15, 0.2) is 80.6 Å². The van der Waals surface area contributed by atoms with Gasteiger partial charge in [0.05, 0.1) is 10.9 Å². The predicted molar refractivity (Wildman–Crippen MR) is 118 cm³/mol. The zero-order chi connectivity index (χ0) is 21.3. The smallest absolute Gasteiger partial charge is 0.343 e. The van der Waals surface area contributed by atoms with Gasteiger partial charge >= 0.3 is 5.97 Å². The van der Waals surface area contributed by atoms with Gasteiger partial charge < -0.3 is 13.9 Å². The van der Waals surface area contributed by atoms with E-state index in [9.17, 15) is 9.59 Å². The summed E-state index contributed by atoms with van der Waals surface area (Å²) in [5.41, 5.74) is 2.34. The van der Waals surface area contributed by atoms with Crippen LogP contribution >= 0.6 is 15.9 Å². The molecule has 30 heavy (non-hydrogen) atoms. The number of benzene rings is 3. The van der Waals surface area contributed by atoms with Crippen LogP contribution in [0.2, 0.25) is 0 Å². The van der Waals surface area contributed by atoms with Crippen LogP contribution in [0.3, 0.4) is 0 Å². The molecule has 0 aliphatic rings. The van der Waals surface area contributed by atoms with Crippen molar-refractivity contribution in [1.82, 2.24) is 0 Å². The molecule has 0 radical (unpaired) electrons. The Morgan fingerprint density at radius 1 is 0.967 bits per heavy atom. The molecule has 0 N–H and O–H groups in total. The lowest BCUT2D eigenvalue weighted by Crippen LogP contribution is -2.09. The van der Waals surface area contributed by atoms with E-state index in [2.05, 4.69) is 15.9 Å². The Bertz CT molecular complexity index is 1320. The fourth-order valence-corrected chi connectivity index (χ4v) is 3.34. The van der Waals surface area contributed by atoms with Gasteiger partial charge in [0, 0.05) is 10.5 Å². The first-order valence-corrected chi connectivity index (χ1v) is 9.98. The second-order valence-corrected chi connectivity index (χ2v) is 7.77. The molecule has 0 saturated carbocycles. The van der Waals surface area contributed by atoms with Crippen LogP contribution in [0, 0.1) is 13.8 Å². The highest BCUT2D eigenvalue weighted by atomic mass is 79.9. The number of carbonyl (C=O) groups excluding carboxylic acids is 1. The van der Waals surface area contributed by atoms with Crippen LogP contribution in [0.25, 0.3) is 11.0 Å². The van der Waals surface area contributed by atoms with Crippen molar-refractivity contribution in [3.05, 3.63) is 98.3 Å². The average Bonchev–Trinajstić information content (AvgIpc) is 2.72. The molecule has 0 unspecified atom stereocenters. The number of carbonyl (C=O) groups is 1. The summed E-state index contributed by atoms with van der Waals surface area (Å²) >= 11 is 3.33. The molecule has 6 heteroatoms. The van der Waals surface area contributed by atoms with Crippen molar-refractivity contribution in [1.29, 1.82) is 0 Å². The lowest BCUT2D eigenvalue weighted by Gasteiger charge is -2.10. The Kier molecular flexibility index (Phi) is 5.42. The summed E-state index contributed by atoms with van der Waals surface area (Å²) in [6.45, 7) is 3.86. The van der Waals surface area contributed by atoms with E-state index in [4.69, 9.17) is 13.9 Å². The number of aryl methyl sites for hydroxylation is 2. The maximum atomic E-state index is 12.8. The Balaban J connectivity index is 1.62. The summed E-state index contributed by atoms with van der Waals surface area (Å²) in [6.07, 6.45) is 1.27. The Morgan fingerprint density at radius 2 is 1.80 bits per heavy atom. The molecule has 0 atom stereocenters. The van der Waals surface area contributed by atoms with Crippen LogP contribution < -0.4 is 14.9 Å². The molecule has 0 saturated heterocycles. The van der Waals surface area contributed by atoms with Gasteiger partial charge in [0.1, 0.15) is 23.3 Å². The van der Waals surface area contributed by atoms with Gasteiger partial charge in [0.15, 0.2) is 0 Å². The molecule has 0 amide bonds. The molecule has 5 nitrogen and oxygen atoms in total. The van der Waals surface area contributed by atoms with Gasteiger partial charge in [-0.25, -0.2) is 4.79 Å². The number of ether oxygens (including phenoxy) is 2. The molecule has 0 aliphatic heterocycles. The van der Waals surface area contributed by atoms with Gasteiger partial charge in [-0.1, -0.05) is 34.1 Å². The molecule has 4 rings (SSSR count). The standard InChI is InChI=1S/C24H17BrO5/c1-14-6-7-15(2)20(10-14)30-22-13-28-21-12-18(8-9-19(21)23(22)26)29-24(27)16-4-3-5-17(25)11-16/h3-13H,1-2H3. The molecule has 4 aromatic rings. The van der Waals surface area contributed by atoms with Crippen LogP contribution in [-0.2, 0) is 0 Å². The minimum atomic E-state index is -0.507. The number of hydrogen-bond acceptors (Lipinski definition) is 5. The fourth-order valence-electron chi connectivity index (χ4n) is 2.94. The van der Waals surface area contributed by atoms with E-state index in [1.165, 1.54) is 12.3 Å². The monoisotopic (exact) mass is 464 g/mol. The van der Waals surface area contributed by atoms with Gasteiger partial charge in [-0.05, 0) is 61.4 Å². The highest BCUT2D eigenvalue weighted by molar-refractivity contribution is 9.10. The van der Waals surface area contributed by atoms with Crippen LogP contribution in [0.5, 0.6) is 17.2 Å². The van der Waals surface area contributed by atoms with E-state index in [1.807, 2.05) is 38.1 Å². The summed E-state index contributed by atoms with van der Waals surface area (Å²) in [5.74, 6) is 0.461. The molecular weight excluding hydrogens is 448 g/mol. The highest BCUT2D eigenvalue weighted by Gasteiger charge is 2.14. The van der Waals surface area contributed by atoms with Gasteiger partial charge in [-0.15, -0.1) is 0 Å². The van der Waals surface area contributed by atoms with Crippen molar-refractivity contribution in [2.75, 3.05) is 0 Å². The van der Waals surface area contributed by atoms with E-state index in [-0.39, 0.29) is 16.9 Å². The molecule has 0 aliphatic carbocycles. The number of rotatable bonds is 4. The van der Waals surface area contributed by atoms with Crippen molar-refractivity contribution in [2.24, 2.45) is 0 Å². The Hall–Kier alpha value is -3.38. The normalized spacial score (nSPS) is 10.8. The molecule has 0 spiro atoms. The first-order valence-electron chi connectivity index (χ1n) is 9.19. The van der Waals surface area contributed by atoms with Crippen molar-refractivity contribution in [3.8, 4) is 17.2 Å². The third-order valence-electron chi connectivity index (χ3n) is 4.55. The summed E-state index contributed by atoms with van der Waals surface area (Å²) in [4.78, 5) is 25.2. The van der Waals surface area contributed by atoms with Crippen molar-refractivity contribution in [3.63, 3.8) is 0 Å². The lowest BCUT2D eigenvalue weighted by molar-refractivity contribution is 0.0735. The minimum absolute atomic E-state index is 0.0927. The van der Waals surface area contributed by atoms with E-state index < -0.39 is 5.97 Å². The number of hydrogen-bond donors (Lipinski definition) is 0. The van der Waals surface area contributed by atoms with Crippen LogP contribution in [0.4, 0.5) is 0 Å². The molecule has 0 bridgehead atoms. The van der Waals surface area contributed by atoms with Gasteiger partial charge in [0.25, 0.3) is 0 Å². The van der Waals surface area contributed by atoms with Gasteiger partial charge in [-0.2, -0.15) is 0 Å². The number of halogens is 1. The fraction of sp³-hybridized carbons (Fsp3) is 0.0833. The maximum Gasteiger partial charge on any atom is 0.343 e. The van der Waals surface area contributed by atoms with Crippen molar-refractivity contribution >= 4 is 32.9 Å². The first-order chi connectivity index (χ1) is 14.4. The number of fused-ring (bicyclic) bond motifs is 1. The Labute approximate surface area is 181 Å². The molecular formula is C24H17BrO5. The maximum absolute atomic E-state index is 12.8. The van der Waals surface area contributed by atoms with E-state index >= 15 is 0 Å². The average molecular weight is 465 g/mol. The second kappa shape index (κ2) is 8.16. The lowest BCUT2D eigenvalue weighted by atomic mass is 10.1. The van der Waals surface area contributed by atoms with Gasteiger partial charge in [-0.3, -0.25) is 4.79 Å². The topological polar surface area (TPSA) is 65.7 Å². The molecule has 150 valence electrons. The second-order valence-electron chi connectivity index (χ2n) is 6.86. The van der Waals surface area contributed by atoms with E-state index in [0.29, 0.717) is 22.3 Å². The molecule has 1 aromatic heterocycles. The third-order valence-corrected chi connectivity index (χ3v) is 5.04. The summed E-state index contributed by atoms with van der Waals surface area (Å²) in [7, 11) is 0. The predicted octanol–water partition coefficient (Wildman–Crippen LogP) is 6.18. The SMILES string of the molecule is Cc1ccc(C)c(Oc2coc3cc(OC(=O)c4cccc(Br)c4)ccc3c2=O)c1. The zero-order valence-corrected chi connectivity index (χ0v) is 17.9. The number of esters is 1. The minimum Gasteiger partial charge on any atom is -0.460 e. The first kappa shape index (κ1) is 19.9. The molecule has 1 heterocycles. The Morgan fingerprint density at radius 3 is 2.60 bits per heavy atom. The summed E-state index contributed by atoms with van der Waals surface area (Å²) in [6, 6.07) is 17.3. The van der Waals surface area contributed by atoms with E-state index in [1.54, 1.807) is 30.3 Å². The third kappa shape index (κ3) is 4.14. The van der Waals surface area contributed by atoms with Crippen LogP contribution in [-0.4, -0.2) is 5.97 Å². The van der Waals surface area contributed by atoms with Crippen LogP contribution in [0.1, 0.15) is 21.5 Å². The summed E-state index contributed by atoms with van der Waals surface area (Å²) < 4.78 is 17.6. The highest BCUT2D eigenvalue weighted by Crippen LogP contribution is 2.27. The van der Waals surface area contributed by atoms with Crippen molar-refractivity contribution < 1.29 is 18.7 Å². The van der Waals surface area contributed by atoms with Crippen molar-refractivity contribution in [2.45, 2.75) is 13.8 Å². The van der Waals surface area contributed by atoms with E-state index in [0.717, 1.165) is 15.6 Å².